The molecule has 0 bridgehead atoms. The molecule has 0 atom stereocenters. The lowest BCUT2D eigenvalue weighted by atomic mass is 10.2. The van der Waals surface area contributed by atoms with Crippen molar-refractivity contribution >= 4 is 11.8 Å². The Morgan fingerprint density at radius 2 is 2.00 bits per heavy atom. The summed E-state index contributed by atoms with van der Waals surface area (Å²) in [4.78, 5) is 19.3. The van der Waals surface area contributed by atoms with Crippen LogP contribution in [0.25, 0.3) is 0 Å². The highest BCUT2D eigenvalue weighted by molar-refractivity contribution is 5.87. The highest BCUT2D eigenvalue weighted by Crippen LogP contribution is 2.16. The minimum absolute atomic E-state index is 0.234. The molecular weight excluding hydrogens is 230 g/mol. The molecule has 0 saturated carbocycles. The van der Waals surface area contributed by atoms with Crippen molar-refractivity contribution in [2.24, 2.45) is 0 Å². The summed E-state index contributed by atoms with van der Waals surface area (Å²) >= 11 is 0. The topological polar surface area (TPSA) is 56.7 Å². The lowest BCUT2D eigenvalue weighted by Gasteiger charge is -2.21. The van der Waals surface area contributed by atoms with Crippen LogP contribution in [0.3, 0.4) is 0 Å². The fraction of sp³-hybridized carbons (Fsp3) is 0.538. The zero-order chi connectivity index (χ0) is 13.7. The number of pyridine rings is 1. The molecule has 1 heterocycles. The first-order chi connectivity index (χ1) is 8.41. The van der Waals surface area contributed by atoms with Gasteiger partial charge in [-0.2, -0.15) is 0 Å². The molecule has 0 saturated heterocycles. The molecule has 0 amide bonds. The SMILES string of the molecule is Cc1cc(C(=O)O)cnc1N(C)CCCN(C)C. The molecule has 0 fully saturated rings. The summed E-state index contributed by atoms with van der Waals surface area (Å²) in [5.74, 6) is -0.0915. The van der Waals surface area contributed by atoms with E-state index in [-0.39, 0.29) is 5.56 Å². The summed E-state index contributed by atoms with van der Waals surface area (Å²) in [7, 11) is 6.07. The van der Waals surface area contributed by atoms with Gasteiger partial charge in [-0.1, -0.05) is 0 Å². The van der Waals surface area contributed by atoms with Crippen LogP contribution in [0.15, 0.2) is 12.3 Å². The van der Waals surface area contributed by atoms with Crippen LogP contribution in [0.1, 0.15) is 22.3 Å². The first kappa shape index (κ1) is 14.4. The largest absolute Gasteiger partial charge is 0.478 e. The van der Waals surface area contributed by atoms with E-state index in [2.05, 4.69) is 14.8 Å². The molecule has 0 radical (unpaired) electrons. The van der Waals surface area contributed by atoms with E-state index in [0.717, 1.165) is 30.9 Å². The summed E-state index contributed by atoms with van der Waals surface area (Å²) in [5, 5.41) is 8.88. The third kappa shape index (κ3) is 4.00. The zero-order valence-corrected chi connectivity index (χ0v) is 11.5. The lowest BCUT2D eigenvalue weighted by molar-refractivity contribution is 0.0696. The van der Waals surface area contributed by atoms with E-state index < -0.39 is 5.97 Å². The van der Waals surface area contributed by atoms with Gasteiger partial charge in [0.1, 0.15) is 5.82 Å². The van der Waals surface area contributed by atoms with E-state index in [1.54, 1.807) is 6.07 Å². The first-order valence-corrected chi connectivity index (χ1v) is 5.97. The zero-order valence-electron chi connectivity index (χ0n) is 11.5. The quantitative estimate of drug-likeness (QED) is 0.830. The standard InChI is InChI=1S/C13H21N3O2/c1-10-8-11(13(17)18)9-14-12(10)16(4)7-5-6-15(2)3/h8-9H,5-7H2,1-4H3,(H,17,18). The predicted molar refractivity (Wildman–Crippen MR) is 72.4 cm³/mol. The van der Waals surface area contributed by atoms with Crippen molar-refractivity contribution in [2.75, 3.05) is 39.1 Å². The second kappa shape index (κ2) is 6.35. The predicted octanol–water partition coefficient (Wildman–Crippen LogP) is 1.48. The molecule has 1 aromatic heterocycles. The van der Waals surface area contributed by atoms with Crippen LogP contribution in [0.2, 0.25) is 0 Å². The Morgan fingerprint density at radius 1 is 1.33 bits per heavy atom. The smallest absolute Gasteiger partial charge is 0.337 e. The highest BCUT2D eigenvalue weighted by Gasteiger charge is 2.10. The molecule has 0 aliphatic heterocycles. The van der Waals surface area contributed by atoms with Gasteiger partial charge in [-0.15, -0.1) is 0 Å². The van der Waals surface area contributed by atoms with E-state index in [9.17, 15) is 4.79 Å². The van der Waals surface area contributed by atoms with Crippen molar-refractivity contribution in [1.82, 2.24) is 9.88 Å². The third-order valence-electron chi connectivity index (χ3n) is 2.76. The normalized spacial score (nSPS) is 10.7. The fourth-order valence-electron chi connectivity index (χ4n) is 1.81. The molecule has 0 aliphatic rings. The number of carbonyl (C=O) groups is 1. The summed E-state index contributed by atoms with van der Waals surface area (Å²) in [6, 6.07) is 1.66. The molecule has 1 aromatic rings. The van der Waals surface area contributed by atoms with Crippen molar-refractivity contribution in [1.29, 1.82) is 0 Å². The number of carboxylic acid groups (broad SMARTS) is 1. The second-order valence-corrected chi connectivity index (χ2v) is 4.75. The van der Waals surface area contributed by atoms with Crippen molar-refractivity contribution in [2.45, 2.75) is 13.3 Å². The Kier molecular flexibility index (Phi) is 5.09. The van der Waals surface area contributed by atoms with Crippen molar-refractivity contribution in [3.8, 4) is 0 Å². The van der Waals surface area contributed by atoms with Gasteiger partial charge >= 0.3 is 5.97 Å². The Morgan fingerprint density at radius 3 is 2.50 bits per heavy atom. The van der Waals surface area contributed by atoms with Gasteiger partial charge in [0.15, 0.2) is 0 Å². The average molecular weight is 251 g/mol. The van der Waals surface area contributed by atoms with E-state index in [4.69, 9.17) is 5.11 Å². The molecule has 1 N–H and O–H groups in total. The van der Waals surface area contributed by atoms with Crippen LogP contribution in [0.4, 0.5) is 5.82 Å². The fourth-order valence-corrected chi connectivity index (χ4v) is 1.81. The number of hydrogen-bond donors (Lipinski definition) is 1. The van der Waals surface area contributed by atoms with E-state index in [0.29, 0.717) is 0 Å². The van der Waals surface area contributed by atoms with Gasteiger partial charge in [0.2, 0.25) is 0 Å². The summed E-state index contributed by atoms with van der Waals surface area (Å²) in [5.41, 5.74) is 1.13. The van der Waals surface area contributed by atoms with Crippen LogP contribution >= 0.6 is 0 Å². The molecule has 1 rings (SSSR count). The number of carboxylic acids is 1. The molecular formula is C13H21N3O2. The lowest BCUT2D eigenvalue weighted by Crippen LogP contribution is -2.24. The average Bonchev–Trinajstić information content (AvgIpc) is 2.27. The molecule has 100 valence electrons. The maximum absolute atomic E-state index is 10.8. The van der Waals surface area contributed by atoms with Crippen LogP contribution < -0.4 is 4.90 Å². The minimum Gasteiger partial charge on any atom is -0.478 e. The molecule has 5 nitrogen and oxygen atoms in total. The van der Waals surface area contributed by atoms with Crippen LogP contribution in [0.5, 0.6) is 0 Å². The monoisotopic (exact) mass is 251 g/mol. The maximum Gasteiger partial charge on any atom is 0.337 e. The van der Waals surface area contributed by atoms with Gasteiger partial charge in [-0.3, -0.25) is 0 Å². The summed E-state index contributed by atoms with van der Waals surface area (Å²) < 4.78 is 0. The number of anilines is 1. The minimum atomic E-state index is -0.938. The Labute approximate surface area is 108 Å². The maximum atomic E-state index is 10.8. The Balaban J connectivity index is 2.68. The number of rotatable bonds is 6. The molecule has 0 aromatic carbocycles. The number of hydrogen-bond acceptors (Lipinski definition) is 4. The number of nitrogens with zero attached hydrogens (tertiary/aromatic N) is 3. The van der Waals surface area contributed by atoms with Gasteiger partial charge in [0, 0.05) is 19.8 Å². The number of aromatic nitrogens is 1. The van der Waals surface area contributed by atoms with Gasteiger partial charge in [0.05, 0.1) is 5.56 Å². The highest BCUT2D eigenvalue weighted by atomic mass is 16.4. The van der Waals surface area contributed by atoms with E-state index in [1.807, 2.05) is 28.1 Å². The Bertz CT molecular complexity index is 419. The van der Waals surface area contributed by atoms with Gasteiger partial charge in [0.25, 0.3) is 0 Å². The molecule has 0 spiro atoms. The molecule has 0 aliphatic carbocycles. The van der Waals surface area contributed by atoms with Gasteiger partial charge < -0.3 is 14.9 Å². The summed E-state index contributed by atoms with van der Waals surface area (Å²) in [6.45, 7) is 3.81. The van der Waals surface area contributed by atoms with Crippen molar-refractivity contribution in [3.63, 3.8) is 0 Å². The van der Waals surface area contributed by atoms with Crippen LogP contribution in [-0.4, -0.2) is 55.2 Å². The third-order valence-corrected chi connectivity index (χ3v) is 2.76. The van der Waals surface area contributed by atoms with E-state index >= 15 is 0 Å². The number of aryl methyl sites for hydroxylation is 1. The molecule has 18 heavy (non-hydrogen) atoms. The number of aromatic carboxylic acids is 1. The second-order valence-electron chi connectivity index (χ2n) is 4.75. The van der Waals surface area contributed by atoms with Crippen molar-refractivity contribution < 1.29 is 9.90 Å². The molecule has 5 heteroatoms. The van der Waals surface area contributed by atoms with Gasteiger partial charge in [-0.05, 0) is 45.6 Å². The molecule has 0 unspecified atom stereocenters. The van der Waals surface area contributed by atoms with Crippen LogP contribution in [-0.2, 0) is 0 Å². The summed E-state index contributed by atoms with van der Waals surface area (Å²) in [6.07, 6.45) is 2.46. The van der Waals surface area contributed by atoms with Crippen molar-refractivity contribution in [3.05, 3.63) is 23.4 Å². The van der Waals surface area contributed by atoms with E-state index in [1.165, 1.54) is 6.20 Å². The van der Waals surface area contributed by atoms with Gasteiger partial charge in [-0.25, -0.2) is 9.78 Å². The van der Waals surface area contributed by atoms with Crippen LogP contribution in [0, 0.1) is 6.92 Å². The first-order valence-electron chi connectivity index (χ1n) is 5.97. The Hall–Kier alpha value is -1.62.